The summed E-state index contributed by atoms with van der Waals surface area (Å²) in [7, 11) is 0. The summed E-state index contributed by atoms with van der Waals surface area (Å²) >= 11 is 0. The largest absolute Gasteiger partial charge is 0.451 e. The summed E-state index contributed by atoms with van der Waals surface area (Å²) in [4.78, 5) is 0. The van der Waals surface area contributed by atoms with Gasteiger partial charge < -0.3 is 29.2 Å². The zero-order valence-electron chi connectivity index (χ0n) is 11.9. The average Bonchev–Trinajstić information content (AvgIpc) is 2.73. The number of unbranched alkanes of at least 4 members (excludes halogenated alkanes) is 1. The zero-order valence-corrected chi connectivity index (χ0v) is 11.9. The van der Waals surface area contributed by atoms with Crippen LogP contribution in [0.1, 0.15) is 26.7 Å². The molecule has 0 bridgehead atoms. The van der Waals surface area contributed by atoms with Gasteiger partial charge in [0.05, 0.1) is 13.2 Å². The molecule has 20 heavy (non-hydrogen) atoms. The van der Waals surface area contributed by atoms with E-state index in [0.29, 0.717) is 12.4 Å². The molecule has 2 heterocycles. The summed E-state index contributed by atoms with van der Waals surface area (Å²) in [6, 6.07) is 0. The van der Waals surface area contributed by atoms with Crippen molar-refractivity contribution in [1.82, 2.24) is 0 Å². The molecule has 3 unspecified atom stereocenters. The second-order valence-corrected chi connectivity index (χ2v) is 5.27. The number of allylic oxidation sites excluding steroid dienone is 1. The summed E-state index contributed by atoms with van der Waals surface area (Å²) in [5.74, 6) is -0.234. The van der Waals surface area contributed by atoms with Crippen molar-refractivity contribution < 1.29 is 29.2 Å². The molecular formula is C14H22O6. The summed E-state index contributed by atoms with van der Waals surface area (Å²) < 4.78 is 22.3. The Morgan fingerprint density at radius 3 is 2.70 bits per heavy atom. The lowest BCUT2D eigenvalue weighted by molar-refractivity contribution is -0.207. The Morgan fingerprint density at radius 1 is 1.35 bits per heavy atom. The molecule has 6 heteroatoms. The van der Waals surface area contributed by atoms with Crippen LogP contribution in [0.3, 0.4) is 0 Å². The van der Waals surface area contributed by atoms with E-state index in [4.69, 9.17) is 18.9 Å². The standard InChI is InChI=1S/C14H22O6/c1-4-5-6-7-17-13-12-11(19-14(2,3)20-12)10(16)9(8-15)18-13/h4,9-10,13,15-16H,1,5-8H2,2-3H3. The van der Waals surface area contributed by atoms with E-state index < -0.39 is 24.3 Å². The molecule has 2 rings (SSSR count). The second kappa shape index (κ2) is 6.13. The first kappa shape index (κ1) is 15.3. The number of hydrogen-bond donors (Lipinski definition) is 2. The molecule has 3 atom stereocenters. The van der Waals surface area contributed by atoms with E-state index in [1.807, 2.05) is 6.08 Å². The third kappa shape index (κ3) is 3.15. The van der Waals surface area contributed by atoms with Gasteiger partial charge in [-0.05, 0) is 12.8 Å². The lowest BCUT2D eigenvalue weighted by atomic mass is 10.1. The maximum absolute atomic E-state index is 10.1. The van der Waals surface area contributed by atoms with Crippen LogP contribution in [0.25, 0.3) is 0 Å². The molecule has 2 aliphatic heterocycles. The molecule has 0 radical (unpaired) electrons. The Kier molecular flexibility index (Phi) is 4.70. The van der Waals surface area contributed by atoms with E-state index in [1.54, 1.807) is 13.8 Å². The van der Waals surface area contributed by atoms with E-state index in [9.17, 15) is 10.2 Å². The first-order valence-corrected chi connectivity index (χ1v) is 6.77. The van der Waals surface area contributed by atoms with Gasteiger partial charge in [-0.25, -0.2) is 0 Å². The molecular weight excluding hydrogens is 264 g/mol. The molecule has 0 aromatic carbocycles. The van der Waals surface area contributed by atoms with Gasteiger partial charge in [-0.1, -0.05) is 6.08 Å². The fraction of sp³-hybridized carbons (Fsp3) is 0.714. The number of hydrogen-bond acceptors (Lipinski definition) is 6. The highest BCUT2D eigenvalue weighted by Gasteiger charge is 2.48. The van der Waals surface area contributed by atoms with Gasteiger partial charge >= 0.3 is 0 Å². The molecule has 0 aliphatic carbocycles. The fourth-order valence-electron chi connectivity index (χ4n) is 2.16. The van der Waals surface area contributed by atoms with Crippen LogP contribution in [0.4, 0.5) is 0 Å². The van der Waals surface area contributed by atoms with Crippen LogP contribution < -0.4 is 0 Å². The third-order valence-corrected chi connectivity index (χ3v) is 3.09. The Hall–Kier alpha value is -1.08. The lowest BCUT2D eigenvalue weighted by Crippen LogP contribution is -2.43. The van der Waals surface area contributed by atoms with Gasteiger partial charge in [0.2, 0.25) is 12.1 Å². The molecule has 0 saturated carbocycles. The zero-order chi connectivity index (χ0) is 14.8. The molecule has 0 aromatic rings. The van der Waals surface area contributed by atoms with E-state index in [2.05, 4.69) is 6.58 Å². The molecule has 0 amide bonds. The lowest BCUT2D eigenvalue weighted by Gasteiger charge is -2.31. The minimum atomic E-state index is -1.05. The van der Waals surface area contributed by atoms with Crippen LogP contribution in [0.15, 0.2) is 24.2 Å². The minimum Gasteiger partial charge on any atom is -0.451 e. The van der Waals surface area contributed by atoms with Crippen molar-refractivity contribution in [3.8, 4) is 0 Å². The van der Waals surface area contributed by atoms with Gasteiger partial charge in [0.15, 0.2) is 11.5 Å². The van der Waals surface area contributed by atoms with Crippen molar-refractivity contribution in [3.05, 3.63) is 24.2 Å². The molecule has 0 spiro atoms. The monoisotopic (exact) mass is 286 g/mol. The number of aliphatic hydroxyl groups excluding tert-OH is 2. The maximum atomic E-state index is 10.1. The first-order valence-electron chi connectivity index (χ1n) is 6.77. The Labute approximate surface area is 118 Å². The van der Waals surface area contributed by atoms with Crippen LogP contribution >= 0.6 is 0 Å². The van der Waals surface area contributed by atoms with Gasteiger partial charge in [0.25, 0.3) is 0 Å². The first-order chi connectivity index (χ1) is 9.48. The number of rotatable bonds is 6. The normalized spacial score (nSPS) is 31.5. The average molecular weight is 286 g/mol. The predicted octanol–water partition coefficient (Wildman–Crippen LogP) is 1.04. The topological polar surface area (TPSA) is 77.4 Å². The van der Waals surface area contributed by atoms with Gasteiger partial charge in [0, 0.05) is 13.8 Å². The van der Waals surface area contributed by atoms with E-state index in [-0.39, 0.29) is 12.4 Å². The highest BCUT2D eigenvalue weighted by Crippen LogP contribution is 2.39. The summed E-state index contributed by atoms with van der Waals surface area (Å²) in [6.07, 6.45) is 0.863. The van der Waals surface area contributed by atoms with Crippen molar-refractivity contribution in [2.45, 2.75) is 51.0 Å². The third-order valence-electron chi connectivity index (χ3n) is 3.09. The van der Waals surface area contributed by atoms with Crippen LogP contribution in [-0.2, 0) is 18.9 Å². The predicted molar refractivity (Wildman–Crippen MR) is 70.4 cm³/mol. The van der Waals surface area contributed by atoms with Gasteiger partial charge in [-0.3, -0.25) is 0 Å². The molecule has 6 nitrogen and oxygen atoms in total. The Morgan fingerprint density at radius 2 is 2.05 bits per heavy atom. The summed E-state index contributed by atoms with van der Waals surface area (Å²) in [5.41, 5.74) is 0. The summed E-state index contributed by atoms with van der Waals surface area (Å²) in [5, 5.41) is 19.3. The quantitative estimate of drug-likeness (QED) is 0.561. The van der Waals surface area contributed by atoms with E-state index in [1.165, 1.54) is 0 Å². The highest BCUT2D eigenvalue weighted by atomic mass is 16.8. The van der Waals surface area contributed by atoms with Crippen LogP contribution in [0, 0.1) is 0 Å². The van der Waals surface area contributed by atoms with Gasteiger partial charge in [-0.2, -0.15) is 0 Å². The van der Waals surface area contributed by atoms with E-state index in [0.717, 1.165) is 12.8 Å². The Balaban J connectivity index is 2.08. The van der Waals surface area contributed by atoms with Gasteiger partial charge in [-0.15, -0.1) is 6.58 Å². The molecule has 2 aliphatic rings. The number of aliphatic hydroxyl groups is 2. The molecule has 0 aromatic heterocycles. The molecule has 2 N–H and O–H groups in total. The SMILES string of the molecule is C=CCCCOC1OC(CO)C(O)C2=C1OC(C)(C)O2. The van der Waals surface area contributed by atoms with Crippen molar-refractivity contribution in [2.24, 2.45) is 0 Å². The van der Waals surface area contributed by atoms with Crippen LogP contribution in [0.5, 0.6) is 0 Å². The minimum absolute atomic E-state index is 0.286. The van der Waals surface area contributed by atoms with Crippen molar-refractivity contribution in [2.75, 3.05) is 13.2 Å². The molecule has 0 fully saturated rings. The van der Waals surface area contributed by atoms with Crippen molar-refractivity contribution in [3.63, 3.8) is 0 Å². The van der Waals surface area contributed by atoms with Gasteiger partial charge in [0.1, 0.15) is 12.2 Å². The van der Waals surface area contributed by atoms with Crippen molar-refractivity contribution in [1.29, 1.82) is 0 Å². The number of ether oxygens (including phenoxy) is 4. The highest BCUT2D eigenvalue weighted by molar-refractivity contribution is 5.19. The molecule has 0 saturated heterocycles. The second-order valence-electron chi connectivity index (χ2n) is 5.27. The van der Waals surface area contributed by atoms with E-state index >= 15 is 0 Å². The smallest absolute Gasteiger partial charge is 0.245 e. The maximum Gasteiger partial charge on any atom is 0.245 e. The van der Waals surface area contributed by atoms with Crippen molar-refractivity contribution >= 4 is 0 Å². The Bertz CT molecular complexity index is 389. The summed E-state index contributed by atoms with van der Waals surface area (Å²) in [6.45, 7) is 7.26. The molecule has 114 valence electrons. The van der Waals surface area contributed by atoms with Crippen LogP contribution in [0.2, 0.25) is 0 Å². The van der Waals surface area contributed by atoms with Crippen LogP contribution in [-0.4, -0.2) is 47.7 Å². The fourth-order valence-corrected chi connectivity index (χ4v) is 2.16.